The van der Waals surface area contributed by atoms with Crippen LogP contribution < -0.4 is 5.73 Å². The van der Waals surface area contributed by atoms with E-state index in [1.54, 1.807) is 0 Å². The smallest absolute Gasteiger partial charge is 0.0936 e. The third-order valence-electron chi connectivity index (χ3n) is 1.91. The van der Waals surface area contributed by atoms with E-state index in [1.165, 1.54) is 6.42 Å². The molecule has 0 unspecified atom stereocenters. The van der Waals surface area contributed by atoms with Crippen molar-refractivity contribution in [3.63, 3.8) is 0 Å². The average molecular weight is 200 g/mol. The number of ether oxygens (including phenoxy) is 1. The molecular formula is C11H24N2O. The molecule has 0 aromatic heterocycles. The van der Waals surface area contributed by atoms with Crippen LogP contribution in [0.2, 0.25) is 0 Å². The Hall–Kier alpha value is -0.570. The number of nitrogens with two attached hydrogens (primary N) is 1. The van der Waals surface area contributed by atoms with Crippen LogP contribution in [0.15, 0.2) is 4.99 Å². The van der Waals surface area contributed by atoms with Gasteiger partial charge < -0.3 is 10.5 Å². The van der Waals surface area contributed by atoms with E-state index in [4.69, 9.17) is 10.5 Å². The summed E-state index contributed by atoms with van der Waals surface area (Å²) in [5.74, 6) is 0.779. The van der Waals surface area contributed by atoms with Crippen LogP contribution in [0.1, 0.15) is 46.0 Å². The van der Waals surface area contributed by atoms with Crippen LogP contribution in [0, 0.1) is 0 Å². The van der Waals surface area contributed by atoms with Gasteiger partial charge in [0.25, 0.3) is 0 Å². The molecule has 0 fully saturated rings. The SMILES string of the molecule is CCCCOCCCN=C(N)CCC. The fourth-order valence-electron chi connectivity index (χ4n) is 1.07. The molecule has 2 N–H and O–H groups in total. The number of hydrogen-bond acceptors (Lipinski definition) is 2. The molecule has 0 bridgehead atoms. The lowest BCUT2D eigenvalue weighted by atomic mass is 10.3. The zero-order valence-corrected chi connectivity index (χ0v) is 9.59. The Kier molecular flexibility index (Phi) is 10.1. The predicted molar refractivity (Wildman–Crippen MR) is 61.7 cm³/mol. The molecule has 84 valence electrons. The van der Waals surface area contributed by atoms with Gasteiger partial charge in [0, 0.05) is 26.2 Å². The molecule has 0 aliphatic rings. The molecule has 0 atom stereocenters. The molecule has 0 aliphatic carbocycles. The van der Waals surface area contributed by atoms with Crippen LogP contribution in [0.4, 0.5) is 0 Å². The standard InChI is InChI=1S/C11H24N2O/c1-3-5-9-14-10-6-8-13-11(12)7-4-2/h3-10H2,1-2H3,(H2,12,13). The van der Waals surface area contributed by atoms with Gasteiger partial charge in [-0.15, -0.1) is 0 Å². The normalized spacial score (nSPS) is 12.0. The van der Waals surface area contributed by atoms with Crippen LogP contribution in [-0.2, 0) is 4.74 Å². The van der Waals surface area contributed by atoms with Crippen molar-refractivity contribution in [3.05, 3.63) is 0 Å². The van der Waals surface area contributed by atoms with Crippen molar-refractivity contribution in [1.82, 2.24) is 0 Å². The number of aliphatic imine (C=N–C) groups is 1. The highest BCUT2D eigenvalue weighted by Crippen LogP contribution is 1.92. The van der Waals surface area contributed by atoms with Gasteiger partial charge in [0.1, 0.15) is 0 Å². The zero-order chi connectivity index (χ0) is 10.6. The minimum absolute atomic E-state index is 0.779. The lowest BCUT2D eigenvalue weighted by Gasteiger charge is -2.01. The first-order valence-corrected chi connectivity index (χ1v) is 5.67. The number of rotatable bonds is 9. The molecule has 0 rings (SSSR count). The summed E-state index contributed by atoms with van der Waals surface area (Å²) < 4.78 is 5.41. The van der Waals surface area contributed by atoms with Gasteiger partial charge >= 0.3 is 0 Å². The highest BCUT2D eigenvalue weighted by Gasteiger charge is 1.90. The monoisotopic (exact) mass is 200 g/mol. The molecule has 0 saturated carbocycles. The Labute approximate surface area is 87.7 Å². The van der Waals surface area contributed by atoms with Crippen LogP contribution >= 0.6 is 0 Å². The molecule has 3 nitrogen and oxygen atoms in total. The minimum atomic E-state index is 0.779. The Morgan fingerprint density at radius 3 is 2.50 bits per heavy atom. The van der Waals surface area contributed by atoms with Crippen molar-refractivity contribution >= 4 is 5.84 Å². The van der Waals surface area contributed by atoms with Crippen molar-refractivity contribution in [2.45, 2.75) is 46.0 Å². The fraction of sp³-hybridized carbons (Fsp3) is 0.909. The summed E-state index contributed by atoms with van der Waals surface area (Å²) in [5.41, 5.74) is 5.66. The highest BCUT2D eigenvalue weighted by molar-refractivity contribution is 5.80. The van der Waals surface area contributed by atoms with E-state index in [2.05, 4.69) is 18.8 Å². The first-order chi connectivity index (χ1) is 6.81. The second-order valence-electron chi connectivity index (χ2n) is 3.44. The van der Waals surface area contributed by atoms with E-state index >= 15 is 0 Å². The van der Waals surface area contributed by atoms with Crippen molar-refractivity contribution in [1.29, 1.82) is 0 Å². The molecular weight excluding hydrogens is 176 g/mol. The Bertz CT molecular complexity index is 146. The van der Waals surface area contributed by atoms with E-state index in [9.17, 15) is 0 Å². The van der Waals surface area contributed by atoms with E-state index in [0.29, 0.717) is 0 Å². The van der Waals surface area contributed by atoms with Gasteiger partial charge in [0.15, 0.2) is 0 Å². The number of unbranched alkanes of at least 4 members (excludes halogenated alkanes) is 1. The van der Waals surface area contributed by atoms with Crippen LogP contribution in [0.25, 0.3) is 0 Å². The minimum Gasteiger partial charge on any atom is -0.387 e. The highest BCUT2D eigenvalue weighted by atomic mass is 16.5. The van der Waals surface area contributed by atoms with Gasteiger partial charge in [-0.2, -0.15) is 0 Å². The van der Waals surface area contributed by atoms with Gasteiger partial charge in [-0.3, -0.25) is 4.99 Å². The van der Waals surface area contributed by atoms with E-state index < -0.39 is 0 Å². The second-order valence-corrected chi connectivity index (χ2v) is 3.44. The molecule has 3 heteroatoms. The van der Waals surface area contributed by atoms with Crippen molar-refractivity contribution in [3.8, 4) is 0 Å². The fourth-order valence-corrected chi connectivity index (χ4v) is 1.07. The lowest BCUT2D eigenvalue weighted by molar-refractivity contribution is 0.130. The van der Waals surface area contributed by atoms with E-state index in [1.807, 2.05) is 0 Å². The first-order valence-electron chi connectivity index (χ1n) is 5.67. The number of amidine groups is 1. The Morgan fingerprint density at radius 2 is 1.86 bits per heavy atom. The van der Waals surface area contributed by atoms with E-state index in [0.717, 1.165) is 51.3 Å². The summed E-state index contributed by atoms with van der Waals surface area (Å²) in [7, 11) is 0. The van der Waals surface area contributed by atoms with Gasteiger partial charge in [0.05, 0.1) is 5.84 Å². The van der Waals surface area contributed by atoms with Crippen LogP contribution in [-0.4, -0.2) is 25.6 Å². The molecule has 0 aromatic rings. The van der Waals surface area contributed by atoms with Crippen molar-refractivity contribution in [2.75, 3.05) is 19.8 Å². The number of nitrogens with zero attached hydrogens (tertiary/aromatic N) is 1. The van der Waals surface area contributed by atoms with Gasteiger partial charge in [-0.05, 0) is 19.3 Å². The Balaban J connectivity index is 3.15. The molecule has 0 aliphatic heterocycles. The maximum atomic E-state index is 5.66. The maximum absolute atomic E-state index is 5.66. The van der Waals surface area contributed by atoms with Crippen LogP contribution in [0.5, 0.6) is 0 Å². The summed E-state index contributed by atoms with van der Waals surface area (Å²) in [5, 5.41) is 0. The van der Waals surface area contributed by atoms with Crippen LogP contribution in [0.3, 0.4) is 0 Å². The summed E-state index contributed by atoms with van der Waals surface area (Å²) in [4.78, 5) is 4.25. The molecule has 14 heavy (non-hydrogen) atoms. The summed E-state index contributed by atoms with van der Waals surface area (Å²) >= 11 is 0. The third-order valence-corrected chi connectivity index (χ3v) is 1.91. The average Bonchev–Trinajstić information content (AvgIpc) is 2.17. The molecule has 0 aromatic carbocycles. The predicted octanol–water partition coefficient (Wildman–Crippen LogP) is 2.35. The zero-order valence-electron chi connectivity index (χ0n) is 9.59. The van der Waals surface area contributed by atoms with E-state index in [-0.39, 0.29) is 0 Å². The van der Waals surface area contributed by atoms with Gasteiger partial charge in [0.2, 0.25) is 0 Å². The molecule has 0 saturated heterocycles. The molecule has 0 radical (unpaired) electrons. The topological polar surface area (TPSA) is 47.6 Å². The molecule has 0 spiro atoms. The summed E-state index contributed by atoms with van der Waals surface area (Å²) in [6.45, 7) is 6.76. The van der Waals surface area contributed by atoms with Crippen molar-refractivity contribution < 1.29 is 4.74 Å². The third kappa shape index (κ3) is 9.52. The number of hydrogen-bond donors (Lipinski definition) is 1. The van der Waals surface area contributed by atoms with Crippen molar-refractivity contribution in [2.24, 2.45) is 10.7 Å². The molecule has 0 heterocycles. The quantitative estimate of drug-likeness (QED) is 0.353. The first kappa shape index (κ1) is 13.4. The Morgan fingerprint density at radius 1 is 1.14 bits per heavy atom. The lowest BCUT2D eigenvalue weighted by Crippen LogP contribution is -2.12. The maximum Gasteiger partial charge on any atom is 0.0936 e. The summed E-state index contributed by atoms with van der Waals surface area (Å²) in [6.07, 6.45) is 5.32. The summed E-state index contributed by atoms with van der Waals surface area (Å²) in [6, 6.07) is 0. The molecule has 0 amide bonds. The van der Waals surface area contributed by atoms with Gasteiger partial charge in [-0.25, -0.2) is 0 Å². The largest absolute Gasteiger partial charge is 0.387 e. The second kappa shape index (κ2) is 10.5. The van der Waals surface area contributed by atoms with Gasteiger partial charge in [-0.1, -0.05) is 20.3 Å².